The summed E-state index contributed by atoms with van der Waals surface area (Å²) >= 11 is 0. The van der Waals surface area contributed by atoms with E-state index >= 15 is 0 Å². The van der Waals surface area contributed by atoms with Crippen LogP contribution < -0.4 is 26.7 Å². The lowest BCUT2D eigenvalue weighted by molar-refractivity contribution is -0.305. The summed E-state index contributed by atoms with van der Waals surface area (Å²) in [6.45, 7) is 0. The molecule has 282 valence electrons. The Kier molecular flexibility index (Phi) is 11.4. The monoisotopic (exact) mass is 761 g/mol. The highest BCUT2D eigenvalue weighted by molar-refractivity contribution is 5.57. The number of halogens is 12. The highest BCUT2D eigenvalue weighted by Gasteiger charge is 2.74. The van der Waals surface area contributed by atoms with Crippen LogP contribution in [0.15, 0.2) is 121 Å². The molecule has 0 spiro atoms. The molecule has 0 aliphatic heterocycles. The Labute approximate surface area is 293 Å². The third-order valence-corrected chi connectivity index (χ3v) is 7.57. The third kappa shape index (κ3) is 8.50. The molecule has 0 saturated carbocycles. The average molecular weight is 762 g/mol. The molecule has 53 heavy (non-hydrogen) atoms. The van der Waals surface area contributed by atoms with Gasteiger partial charge in [0.1, 0.15) is 23.0 Å². The van der Waals surface area contributed by atoms with Crippen molar-refractivity contribution < 1.29 is 62.2 Å². The molecule has 0 bridgehead atoms. The van der Waals surface area contributed by atoms with Crippen molar-refractivity contribution >= 4 is 17.1 Å². The van der Waals surface area contributed by atoms with Gasteiger partial charge in [0.25, 0.3) is 0 Å². The second kappa shape index (κ2) is 15.1. The minimum atomic E-state index is -5.92. The molecule has 6 N–H and O–H groups in total. The number of anilines is 3. The minimum absolute atomic E-state index is 0.00584. The maximum atomic E-state index is 14.9. The van der Waals surface area contributed by atoms with Gasteiger partial charge in [-0.2, -0.15) is 48.3 Å². The van der Waals surface area contributed by atoms with Crippen LogP contribution in [0.3, 0.4) is 0 Å². The molecule has 0 saturated heterocycles. The summed E-state index contributed by atoms with van der Waals surface area (Å²) < 4.78 is 174. The van der Waals surface area contributed by atoms with Gasteiger partial charge in [-0.15, -0.1) is 0 Å². The number of alkyl halides is 12. The van der Waals surface area contributed by atoms with Gasteiger partial charge in [0, 0.05) is 28.2 Å². The highest BCUT2D eigenvalue weighted by Crippen LogP contribution is 2.60. The second-order valence-electron chi connectivity index (χ2n) is 11.2. The number of ether oxygens (including phenoxy) is 2. The van der Waals surface area contributed by atoms with E-state index in [1.807, 2.05) is 0 Å². The minimum Gasteiger partial charge on any atom is -0.457 e. The summed E-state index contributed by atoms with van der Waals surface area (Å²) in [6, 6.07) is 23.0. The molecule has 0 aromatic heterocycles. The quantitative estimate of drug-likeness (QED) is 0.108. The van der Waals surface area contributed by atoms with Gasteiger partial charge < -0.3 is 26.7 Å². The lowest BCUT2D eigenvalue weighted by Crippen LogP contribution is -2.55. The summed E-state index contributed by atoms with van der Waals surface area (Å²) in [7, 11) is 0. The van der Waals surface area contributed by atoms with Crippen molar-refractivity contribution in [1.82, 2.24) is 0 Å². The third-order valence-electron chi connectivity index (χ3n) is 7.57. The van der Waals surface area contributed by atoms with Crippen molar-refractivity contribution in [2.24, 2.45) is 0 Å². The molecule has 1 unspecified atom stereocenters. The molecule has 17 heteroatoms. The van der Waals surface area contributed by atoms with Crippen LogP contribution in [0.4, 0.5) is 69.7 Å². The van der Waals surface area contributed by atoms with Crippen molar-refractivity contribution in [2.45, 2.75) is 36.0 Å². The molecule has 0 heterocycles. The van der Waals surface area contributed by atoms with Crippen molar-refractivity contribution in [3.63, 3.8) is 0 Å². The molecule has 0 radical (unpaired) electrons. The van der Waals surface area contributed by atoms with E-state index in [1.54, 1.807) is 0 Å². The highest BCUT2D eigenvalue weighted by atomic mass is 19.4. The fourth-order valence-electron chi connectivity index (χ4n) is 4.99. The Morgan fingerprint density at radius 3 is 1.06 bits per heavy atom. The topological polar surface area (TPSA) is 96.5 Å². The smallest absolute Gasteiger partial charge is 0.456 e. The van der Waals surface area contributed by atoms with Crippen LogP contribution in [0.2, 0.25) is 0 Å². The summed E-state index contributed by atoms with van der Waals surface area (Å²) in [5.74, 6) is -6.67. The Morgan fingerprint density at radius 2 is 0.736 bits per heavy atom. The maximum absolute atomic E-state index is 14.9. The van der Waals surface area contributed by atoms with Crippen molar-refractivity contribution in [2.75, 3.05) is 17.2 Å². The summed E-state index contributed by atoms with van der Waals surface area (Å²) in [5.41, 5.74) is 9.69. The zero-order valence-electron chi connectivity index (χ0n) is 26.7. The van der Waals surface area contributed by atoms with E-state index in [0.717, 1.165) is 60.7 Å². The Morgan fingerprint density at radius 1 is 0.415 bits per heavy atom. The van der Waals surface area contributed by atoms with Gasteiger partial charge in [0.2, 0.25) is 5.41 Å². The normalized spacial score (nSPS) is 13.1. The first-order chi connectivity index (χ1) is 24.6. The Balaban J connectivity index is 0.000000328. The number of nitrogen functional groups attached to an aromatic ring is 3. The summed E-state index contributed by atoms with van der Waals surface area (Å²) in [6.07, 6.45) is -21.1. The van der Waals surface area contributed by atoms with Gasteiger partial charge in [-0.25, -0.2) is 4.39 Å². The SMILES string of the molecule is Nc1ccc(C(F)C(F)(F)C(F)(F)F)cc1.Nc1ccc(Oc2ccccc2C(c2ccccc2Oc2ccc(N)cc2)(C(F)(F)F)C(F)(F)F)cc1. The van der Waals surface area contributed by atoms with Crippen LogP contribution in [0, 0.1) is 0 Å². The van der Waals surface area contributed by atoms with E-state index in [0.29, 0.717) is 11.4 Å². The largest absolute Gasteiger partial charge is 0.457 e. The van der Waals surface area contributed by atoms with Gasteiger partial charge in [-0.1, -0.05) is 48.5 Å². The van der Waals surface area contributed by atoms with Crippen LogP contribution in [0.1, 0.15) is 22.9 Å². The molecule has 0 amide bonds. The molecule has 0 aliphatic rings. The van der Waals surface area contributed by atoms with Crippen LogP contribution >= 0.6 is 0 Å². The zero-order chi connectivity index (χ0) is 39.4. The zero-order valence-corrected chi connectivity index (χ0v) is 26.7. The van der Waals surface area contributed by atoms with Crippen molar-refractivity contribution in [3.8, 4) is 23.0 Å². The number of hydrogen-bond donors (Lipinski definition) is 3. The van der Waals surface area contributed by atoms with Gasteiger partial charge in [-0.05, 0) is 78.4 Å². The standard InChI is InChI=1S/C27H20F6N2O2.C9H7F6N/c28-26(29,30)25(27(31,32)33,21-5-1-3-7-23(21)36-19-13-9-17(34)10-14-19)22-6-2-4-8-24(22)37-20-15-11-18(35)12-16-20;10-7(8(11,12)9(13,14)15)5-1-3-6(16)4-2-5/h1-16H,34-35H2;1-4,7H,16H2. The first-order valence-corrected chi connectivity index (χ1v) is 14.9. The lowest BCUT2D eigenvalue weighted by atomic mass is 9.72. The number of nitrogens with two attached hydrogens (primary N) is 3. The molecule has 1 atom stereocenters. The molecule has 0 fully saturated rings. The first kappa shape index (κ1) is 40.0. The van der Waals surface area contributed by atoms with Gasteiger partial charge in [-0.3, -0.25) is 0 Å². The Hall–Kier alpha value is -5.74. The number of hydrogen-bond acceptors (Lipinski definition) is 5. The van der Waals surface area contributed by atoms with E-state index < -0.39 is 64.2 Å². The molecule has 5 aromatic rings. The number of para-hydroxylation sites is 2. The van der Waals surface area contributed by atoms with E-state index in [2.05, 4.69) is 0 Å². The molecular weight excluding hydrogens is 734 g/mol. The van der Waals surface area contributed by atoms with Crippen LogP contribution in [0.5, 0.6) is 23.0 Å². The predicted octanol–water partition coefficient (Wildman–Crippen LogP) is 11.3. The fourth-order valence-corrected chi connectivity index (χ4v) is 4.99. The van der Waals surface area contributed by atoms with E-state index in [4.69, 9.17) is 26.7 Å². The average Bonchev–Trinajstić information content (AvgIpc) is 3.07. The second-order valence-corrected chi connectivity index (χ2v) is 11.2. The fraction of sp³-hybridized carbons (Fsp3) is 0.167. The molecule has 0 aliphatic carbocycles. The van der Waals surface area contributed by atoms with E-state index in [9.17, 15) is 52.7 Å². The summed E-state index contributed by atoms with van der Waals surface area (Å²) in [5, 5.41) is 0. The Bertz CT molecular complexity index is 1850. The van der Waals surface area contributed by atoms with E-state index in [1.165, 1.54) is 60.7 Å². The molecule has 5 aromatic carbocycles. The van der Waals surface area contributed by atoms with Crippen molar-refractivity contribution in [3.05, 3.63) is 138 Å². The molecule has 5 rings (SSSR count). The van der Waals surface area contributed by atoms with Gasteiger partial charge in [0.05, 0.1) is 0 Å². The van der Waals surface area contributed by atoms with Gasteiger partial charge in [0.15, 0.2) is 6.17 Å². The number of benzene rings is 5. The van der Waals surface area contributed by atoms with Crippen LogP contribution in [-0.4, -0.2) is 24.5 Å². The predicted molar refractivity (Wildman–Crippen MR) is 173 cm³/mol. The number of rotatable bonds is 8. The lowest BCUT2D eigenvalue weighted by Gasteiger charge is -2.39. The molecule has 5 nitrogen and oxygen atoms in total. The van der Waals surface area contributed by atoms with E-state index in [-0.39, 0.29) is 17.2 Å². The van der Waals surface area contributed by atoms with Crippen LogP contribution in [0.25, 0.3) is 0 Å². The first-order valence-electron chi connectivity index (χ1n) is 14.9. The van der Waals surface area contributed by atoms with Crippen molar-refractivity contribution in [1.29, 1.82) is 0 Å². The maximum Gasteiger partial charge on any atom is 0.456 e. The van der Waals surface area contributed by atoms with Crippen LogP contribution in [-0.2, 0) is 5.41 Å². The van der Waals surface area contributed by atoms with Gasteiger partial charge >= 0.3 is 24.5 Å². The molecular formula is C36H27F12N3O2. The summed E-state index contributed by atoms with van der Waals surface area (Å²) in [4.78, 5) is 0.